The van der Waals surface area contributed by atoms with Gasteiger partial charge >= 0.3 is 5.97 Å². The Balaban J connectivity index is 1.67. The topological polar surface area (TPSA) is 95.5 Å². The first-order valence-electron chi connectivity index (χ1n) is 6.97. The second kappa shape index (κ2) is 4.87. The van der Waals surface area contributed by atoms with E-state index in [4.69, 9.17) is 5.11 Å². The fraction of sp³-hybridized carbons (Fsp3) is 0.400. The van der Waals surface area contributed by atoms with Crippen LogP contribution >= 0.6 is 0 Å². The van der Waals surface area contributed by atoms with E-state index in [0.717, 1.165) is 12.8 Å². The van der Waals surface area contributed by atoms with Gasteiger partial charge in [-0.1, -0.05) is 6.07 Å². The molecule has 1 aromatic rings. The Hall–Kier alpha value is -2.37. The lowest BCUT2D eigenvalue weighted by Crippen LogP contribution is -2.31. The van der Waals surface area contributed by atoms with Crippen molar-refractivity contribution in [2.75, 3.05) is 10.6 Å². The molecule has 6 nitrogen and oxygen atoms in total. The maximum absolute atomic E-state index is 12.0. The van der Waals surface area contributed by atoms with Gasteiger partial charge in [0, 0.05) is 17.3 Å². The summed E-state index contributed by atoms with van der Waals surface area (Å²) in [5, 5.41) is 14.5. The Morgan fingerprint density at radius 2 is 1.71 bits per heavy atom. The molecular formula is C15H16N2O4. The van der Waals surface area contributed by atoms with Gasteiger partial charge in [-0.2, -0.15) is 0 Å². The third-order valence-corrected chi connectivity index (χ3v) is 3.93. The van der Waals surface area contributed by atoms with E-state index in [1.165, 1.54) is 0 Å². The highest BCUT2D eigenvalue weighted by atomic mass is 16.4. The van der Waals surface area contributed by atoms with Crippen LogP contribution in [0.5, 0.6) is 0 Å². The molecule has 2 saturated carbocycles. The van der Waals surface area contributed by atoms with Crippen molar-refractivity contribution in [3.8, 4) is 0 Å². The van der Waals surface area contributed by atoms with Gasteiger partial charge in [0.2, 0.25) is 11.8 Å². The summed E-state index contributed by atoms with van der Waals surface area (Å²) in [6.07, 6.45) is 2.57. The van der Waals surface area contributed by atoms with Crippen molar-refractivity contribution in [1.29, 1.82) is 0 Å². The smallest absolute Gasteiger partial charge is 0.319 e. The summed E-state index contributed by atoms with van der Waals surface area (Å²) in [6.45, 7) is 0. The molecule has 0 aliphatic heterocycles. The van der Waals surface area contributed by atoms with Crippen LogP contribution in [0.3, 0.4) is 0 Å². The summed E-state index contributed by atoms with van der Waals surface area (Å²) in [7, 11) is 0. The van der Waals surface area contributed by atoms with Crippen LogP contribution in [0.15, 0.2) is 24.3 Å². The van der Waals surface area contributed by atoms with Crippen LogP contribution in [0.4, 0.5) is 11.4 Å². The summed E-state index contributed by atoms with van der Waals surface area (Å²) >= 11 is 0. The van der Waals surface area contributed by atoms with Crippen molar-refractivity contribution in [3.05, 3.63) is 24.3 Å². The van der Waals surface area contributed by atoms with Crippen molar-refractivity contribution in [2.45, 2.75) is 25.7 Å². The average molecular weight is 288 g/mol. The molecule has 2 fully saturated rings. The van der Waals surface area contributed by atoms with Crippen molar-refractivity contribution in [3.63, 3.8) is 0 Å². The first-order valence-corrected chi connectivity index (χ1v) is 6.97. The highest BCUT2D eigenvalue weighted by Gasteiger charge is 2.57. The first kappa shape index (κ1) is 13.6. The van der Waals surface area contributed by atoms with Gasteiger partial charge in [-0.3, -0.25) is 14.4 Å². The number of aliphatic carboxylic acids is 1. The van der Waals surface area contributed by atoms with Crippen molar-refractivity contribution < 1.29 is 19.5 Å². The molecule has 3 N–H and O–H groups in total. The van der Waals surface area contributed by atoms with Gasteiger partial charge in [0.15, 0.2) is 0 Å². The molecule has 0 spiro atoms. The number of hydrogen-bond donors (Lipinski definition) is 3. The first-order chi connectivity index (χ1) is 10.0. The molecule has 2 aliphatic carbocycles. The lowest BCUT2D eigenvalue weighted by molar-refractivity contribution is -0.147. The second-order valence-corrected chi connectivity index (χ2v) is 5.69. The number of rotatable bonds is 5. The number of hydrogen-bond acceptors (Lipinski definition) is 3. The summed E-state index contributed by atoms with van der Waals surface area (Å²) in [5.74, 6) is -1.49. The van der Waals surface area contributed by atoms with Gasteiger partial charge < -0.3 is 15.7 Å². The molecule has 0 atom stereocenters. The van der Waals surface area contributed by atoms with Crippen LogP contribution in [-0.2, 0) is 14.4 Å². The SMILES string of the molecule is O=C(Nc1cccc(NC(=O)C2(C(=O)O)CC2)c1)C1CC1. The van der Waals surface area contributed by atoms with Crippen LogP contribution in [0.2, 0.25) is 0 Å². The molecule has 0 radical (unpaired) electrons. The number of carboxylic acid groups (broad SMARTS) is 1. The van der Waals surface area contributed by atoms with Crippen LogP contribution in [-0.4, -0.2) is 22.9 Å². The van der Waals surface area contributed by atoms with Crippen LogP contribution < -0.4 is 10.6 Å². The van der Waals surface area contributed by atoms with Crippen LogP contribution in [0, 0.1) is 11.3 Å². The summed E-state index contributed by atoms with van der Waals surface area (Å²) < 4.78 is 0. The van der Waals surface area contributed by atoms with Crippen LogP contribution in [0.1, 0.15) is 25.7 Å². The zero-order valence-corrected chi connectivity index (χ0v) is 11.4. The minimum atomic E-state index is -1.27. The Morgan fingerprint density at radius 3 is 2.24 bits per heavy atom. The number of benzene rings is 1. The fourth-order valence-corrected chi connectivity index (χ4v) is 2.18. The summed E-state index contributed by atoms with van der Waals surface area (Å²) in [5.41, 5.74) is -0.182. The zero-order chi connectivity index (χ0) is 15.0. The Morgan fingerprint density at radius 1 is 1.10 bits per heavy atom. The van der Waals surface area contributed by atoms with Gasteiger partial charge in [0.25, 0.3) is 0 Å². The van der Waals surface area contributed by atoms with E-state index >= 15 is 0 Å². The lowest BCUT2D eigenvalue weighted by atomic mass is 10.1. The number of carboxylic acids is 1. The molecule has 1 aromatic carbocycles. The molecule has 0 aromatic heterocycles. The largest absolute Gasteiger partial charge is 0.480 e. The maximum Gasteiger partial charge on any atom is 0.319 e. The molecule has 2 amide bonds. The molecular weight excluding hydrogens is 272 g/mol. The van der Waals surface area contributed by atoms with Gasteiger partial charge in [-0.15, -0.1) is 0 Å². The van der Waals surface area contributed by atoms with E-state index < -0.39 is 17.3 Å². The van der Waals surface area contributed by atoms with Crippen molar-refractivity contribution in [1.82, 2.24) is 0 Å². The highest BCUT2D eigenvalue weighted by Crippen LogP contribution is 2.46. The van der Waals surface area contributed by atoms with Crippen molar-refractivity contribution >= 4 is 29.2 Å². The van der Waals surface area contributed by atoms with E-state index in [1.54, 1.807) is 24.3 Å². The number of carbonyl (C=O) groups is 3. The van der Waals surface area contributed by atoms with Crippen LogP contribution in [0.25, 0.3) is 0 Å². The number of anilines is 2. The fourth-order valence-electron chi connectivity index (χ4n) is 2.18. The van der Waals surface area contributed by atoms with E-state index in [1.807, 2.05) is 0 Å². The number of amides is 2. The van der Waals surface area contributed by atoms with Crippen molar-refractivity contribution in [2.24, 2.45) is 11.3 Å². The predicted octanol–water partition coefficient (Wildman–Crippen LogP) is 1.84. The normalized spacial score (nSPS) is 18.7. The Labute approximate surface area is 121 Å². The molecule has 6 heteroatoms. The third-order valence-electron chi connectivity index (χ3n) is 3.93. The minimum absolute atomic E-state index is 0.0114. The molecule has 0 bridgehead atoms. The van der Waals surface area contributed by atoms with Gasteiger partial charge in [0.1, 0.15) is 5.41 Å². The zero-order valence-electron chi connectivity index (χ0n) is 11.4. The minimum Gasteiger partial charge on any atom is -0.480 e. The average Bonchev–Trinajstić information content (AvgIpc) is 3.29. The van der Waals surface area contributed by atoms with E-state index in [2.05, 4.69) is 10.6 Å². The van der Waals surface area contributed by atoms with Gasteiger partial charge in [-0.05, 0) is 43.9 Å². The highest BCUT2D eigenvalue weighted by molar-refractivity contribution is 6.11. The molecule has 3 rings (SSSR count). The molecule has 0 saturated heterocycles. The maximum atomic E-state index is 12.0. The monoisotopic (exact) mass is 288 g/mol. The van der Waals surface area contributed by atoms with E-state index in [-0.39, 0.29) is 11.8 Å². The second-order valence-electron chi connectivity index (χ2n) is 5.69. The predicted molar refractivity (Wildman–Crippen MR) is 75.7 cm³/mol. The quantitative estimate of drug-likeness (QED) is 0.720. The molecule has 110 valence electrons. The third kappa shape index (κ3) is 2.74. The summed E-state index contributed by atoms with van der Waals surface area (Å²) in [4.78, 5) is 34.8. The Bertz CT molecular complexity index is 618. The number of nitrogens with one attached hydrogen (secondary N) is 2. The Kier molecular flexibility index (Phi) is 3.16. The molecule has 0 unspecified atom stereocenters. The number of carbonyl (C=O) groups excluding carboxylic acids is 2. The molecule has 2 aliphatic rings. The van der Waals surface area contributed by atoms with Gasteiger partial charge in [0.05, 0.1) is 0 Å². The van der Waals surface area contributed by atoms with Gasteiger partial charge in [-0.25, -0.2) is 0 Å². The van der Waals surface area contributed by atoms with E-state index in [0.29, 0.717) is 24.2 Å². The summed E-state index contributed by atoms with van der Waals surface area (Å²) in [6, 6.07) is 6.75. The molecule has 0 heterocycles. The lowest BCUT2D eigenvalue weighted by Gasteiger charge is -2.12. The van der Waals surface area contributed by atoms with E-state index in [9.17, 15) is 14.4 Å². The molecule has 21 heavy (non-hydrogen) atoms. The standard InChI is InChI=1S/C15H16N2O4/c18-12(9-4-5-9)16-10-2-1-3-11(8-10)17-13(19)15(6-7-15)14(20)21/h1-3,8-9H,4-7H2,(H,16,18)(H,17,19)(H,20,21).